The van der Waals surface area contributed by atoms with Gasteiger partial charge in [-0.2, -0.15) is 8.42 Å². The lowest BCUT2D eigenvalue weighted by atomic mass is 9.82. The first-order chi connectivity index (χ1) is 7.92. The lowest BCUT2D eigenvalue weighted by Gasteiger charge is -2.25. The molecule has 7 heteroatoms. The second kappa shape index (κ2) is 6.32. The molecule has 0 unspecified atom stereocenters. The maximum absolute atomic E-state index is 11.5. The Morgan fingerprint density at radius 3 is 2.29 bits per heavy atom. The van der Waals surface area contributed by atoms with E-state index in [-0.39, 0.29) is 25.0 Å². The highest BCUT2D eigenvalue weighted by Crippen LogP contribution is 2.29. The minimum atomic E-state index is -4.07. The van der Waals surface area contributed by atoms with Gasteiger partial charge in [0.1, 0.15) is 12.4 Å². The van der Waals surface area contributed by atoms with E-state index >= 15 is 0 Å². The number of carbonyl (C=O) groups excluding carboxylic acids is 1. The van der Waals surface area contributed by atoms with Crippen LogP contribution in [0.25, 0.3) is 0 Å². The number of carbonyl (C=O) groups is 1. The first-order valence-corrected chi connectivity index (χ1v) is 7.26. The summed E-state index contributed by atoms with van der Waals surface area (Å²) in [6.45, 7) is -0.165. The number of rotatable bonds is 5. The lowest BCUT2D eigenvalue weighted by molar-refractivity contribution is -0.149. The van der Waals surface area contributed by atoms with Crippen LogP contribution >= 0.6 is 0 Å². The van der Waals surface area contributed by atoms with E-state index < -0.39 is 21.8 Å². The Bertz CT molecular complexity index is 342. The molecule has 1 fully saturated rings. The van der Waals surface area contributed by atoms with Crippen LogP contribution in [-0.2, 0) is 19.6 Å². The zero-order valence-corrected chi connectivity index (χ0v) is 10.4. The SMILES string of the molecule is O=C(OCCS(=O)(=O)O)C1CCC(CO)CC1. The molecule has 0 aromatic heterocycles. The fraction of sp³-hybridized carbons (Fsp3) is 0.900. The zero-order valence-electron chi connectivity index (χ0n) is 9.54. The third-order valence-corrected chi connectivity index (χ3v) is 3.71. The molecule has 0 atom stereocenters. The molecule has 2 N–H and O–H groups in total. The summed E-state index contributed by atoms with van der Waals surface area (Å²) in [5.41, 5.74) is 0. The maximum Gasteiger partial charge on any atom is 0.308 e. The molecule has 0 aliphatic heterocycles. The summed E-state index contributed by atoms with van der Waals surface area (Å²) in [7, 11) is -4.07. The Hall–Kier alpha value is -0.660. The number of aliphatic hydroxyl groups is 1. The highest BCUT2D eigenvalue weighted by atomic mass is 32.2. The normalized spacial score (nSPS) is 25.5. The van der Waals surface area contributed by atoms with Crippen LogP contribution in [0, 0.1) is 11.8 Å². The van der Waals surface area contributed by atoms with Crippen LogP contribution < -0.4 is 0 Å². The van der Waals surface area contributed by atoms with Crippen LogP contribution in [0.5, 0.6) is 0 Å². The molecule has 6 nitrogen and oxygen atoms in total. The minimum absolute atomic E-state index is 0.143. The molecule has 1 aliphatic rings. The van der Waals surface area contributed by atoms with E-state index in [2.05, 4.69) is 0 Å². The van der Waals surface area contributed by atoms with Crippen molar-refractivity contribution in [2.45, 2.75) is 25.7 Å². The summed E-state index contributed by atoms with van der Waals surface area (Å²) in [6.07, 6.45) is 2.90. The van der Waals surface area contributed by atoms with Crippen LogP contribution in [0.3, 0.4) is 0 Å². The third kappa shape index (κ3) is 5.47. The highest BCUT2D eigenvalue weighted by molar-refractivity contribution is 7.85. The van der Waals surface area contributed by atoms with Gasteiger partial charge in [-0.3, -0.25) is 9.35 Å². The zero-order chi connectivity index (χ0) is 12.9. The molecular formula is C10H18O6S. The van der Waals surface area contributed by atoms with Crippen molar-refractivity contribution in [2.24, 2.45) is 11.8 Å². The molecule has 0 heterocycles. The van der Waals surface area contributed by atoms with E-state index in [9.17, 15) is 13.2 Å². The second-order valence-corrected chi connectivity index (χ2v) is 5.93. The Labute approximate surface area is 101 Å². The molecule has 1 saturated carbocycles. The van der Waals surface area contributed by atoms with Gasteiger partial charge in [-0.1, -0.05) is 0 Å². The maximum atomic E-state index is 11.5. The van der Waals surface area contributed by atoms with E-state index in [1.807, 2.05) is 0 Å². The van der Waals surface area contributed by atoms with Gasteiger partial charge < -0.3 is 9.84 Å². The van der Waals surface area contributed by atoms with Gasteiger partial charge in [0, 0.05) is 6.61 Å². The molecule has 1 rings (SSSR count). The van der Waals surface area contributed by atoms with Crippen LogP contribution in [0.1, 0.15) is 25.7 Å². The van der Waals surface area contributed by atoms with Crippen LogP contribution in [0.15, 0.2) is 0 Å². The van der Waals surface area contributed by atoms with Crippen molar-refractivity contribution < 1.29 is 27.6 Å². The number of hydrogen-bond acceptors (Lipinski definition) is 5. The van der Waals surface area contributed by atoms with E-state index in [0.29, 0.717) is 12.8 Å². The van der Waals surface area contributed by atoms with Crippen LogP contribution in [0.2, 0.25) is 0 Å². The third-order valence-electron chi connectivity index (χ3n) is 3.02. The van der Waals surface area contributed by atoms with Crippen molar-refractivity contribution in [3.63, 3.8) is 0 Å². The summed E-state index contributed by atoms with van der Waals surface area (Å²) in [5.74, 6) is -0.925. The largest absolute Gasteiger partial charge is 0.464 e. The molecule has 0 spiro atoms. The Balaban J connectivity index is 2.25. The Morgan fingerprint density at radius 1 is 1.24 bits per heavy atom. The molecule has 17 heavy (non-hydrogen) atoms. The van der Waals surface area contributed by atoms with Gasteiger partial charge in [-0.05, 0) is 31.6 Å². The quantitative estimate of drug-likeness (QED) is 0.545. The highest BCUT2D eigenvalue weighted by Gasteiger charge is 2.27. The van der Waals surface area contributed by atoms with Crippen molar-refractivity contribution in [1.82, 2.24) is 0 Å². The molecule has 0 radical (unpaired) electrons. The number of esters is 1. The number of aliphatic hydroxyl groups excluding tert-OH is 1. The monoisotopic (exact) mass is 266 g/mol. The van der Waals surface area contributed by atoms with E-state index in [1.165, 1.54) is 0 Å². The summed E-state index contributed by atoms with van der Waals surface area (Å²) in [4.78, 5) is 11.5. The Kier molecular flexibility index (Phi) is 5.35. The fourth-order valence-corrected chi connectivity index (χ4v) is 2.24. The molecule has 1 aliphatic carbocycles. The summed E-state index contributed by atoms with van der Waals surface area (Å²) < 4.78 is 34.1. The standard InChI is InChI=1S/C10H18O6S/c11-7-8-1-3-9(4-2-8)10(12)16-5-6-17(13,14)15/h8-9,11H,1-7H2,(H,13,14,15). The molecule has 0 bridgehead atoms. The number of ether oxygens (including phenoxy) is 1. The molecule has 0 aromatic carbocycles. The van der Waals surface area contributed by atoms with Crippen molar-refractivity contribution in [3.05, 3.63) is 0 Å². The topological polar surface area (TPSA) is 101 Å². The smallest absolute Gasteiger partial charge is 0.308 e. The van der Waals surface area contributed by atoms with Crippen molar-refractivity contribution in [1.29, 1.82) is 0 Å². The van der Waals surface area contributed by atoms with E-state index in [4.69, 9.17) is 14.4 Å². The van der Waals surface area contributed by atoms with Gasteiger partial charge in [0.05, 0.1) is 5.92 Å². The van der Waals surface area contributed by atoms with Crippen molar-refractivity contribution >= 4 is 16.1 Å². The first kappa shape index (κ1) is 14.4. The first-order valence-electron chi connectivity index (χ1n) is 5.65. The fourth-order valence-electron chi connectivity index (χ4n) is 1.95. The van der Waals surface area contributed by atoms with Gasteiger partial charge in [0.25, 0.3) is 10.1 Å². The average molecular weight is 266 g/mol. The predicted octanol–water partition coefficient (Wildman–Crippen LogP) is 0.216. The van der Waals surface area contributed by atoms with E-state index in [0.717, 1.165) is 12.8 Å². The summed E-state index contributed by atoms with van der Waals surface area (Å²) >= 11 is 0. The van der Waals surface area contributed by atoms with Crippen molar-refractivity contribution in [3.8, 4) is 0 Å². The van der Waals surface area contributed by atoms with Crippen LogP contribution in [0.4, 0.5) is 0 Å². The summed E-state index contributed by atoms with van der Waals surface area (Å²) in [6, 6.07) is 0. The molecule has 100 valence electrons. The lowest BCUT2D eigenvalue weighted by Crippen LogP contribution is -2.26. The van der Waals surface area contributed by atoms with Gasteiger partial charge in [-0.25, -0.2) is 0 Å². The molecule has 0 aromatic rings. The summed E-state index contributed by atoms with van der Waals surface area (Å²) in [5, 5.41) is 8.94. The second-order valence-electron chi connectivity index (χ2n) is 4.35. The number of hydrogen-bond donors (Lipinski definition) is 2. The van der Waals surface area contributed by atoms with Gasteiger partial charge in [0.2, 0.25) is 0 Å². The molecule has 0 saturated heterocycles. The van der Waals surface area contributed by atoms with Crippen molar-refractivity contribution in [2.75, 3.05) is 19.0 Å². The average Bonchev–Trinajstić information content (AvgIpc) is 2.27. The van der Waals surface area contributed by atoms with Gasteiger partial charge >= 0.3 is 5.97 Å². The van der Waals surface area contributed by atoms with Gasteiger partial charge in [0.15, 0.2) is 0 Å². The van der Waals surface area contributed by atoms with E-state index in [1.54, 1.807) is 0 Å². The predicted molar refractivity (Wildman–Crippen MR) is 59.9 cm³/mol. The van der Waals surface area contributed by atoms with Crippen LogP contribution in [-0.4, -0.2) is 43.0 Å². The molecular weight excluding hydrogens is 248 g/mol. The minimum Gasteiger partial charge on any atom is -0.464 e. The van der Waals surface area contributed by atoms with Gasteiger partial charge in [-0.15, -0.1) is 0 Å². The Morgan fingerprint density at radius 2 is 1.82 bits per heavy atom. The molecule has 0 amide bonds.